The van der Waals surface area contributed by atoms with Crippen molar-refractivity contribution in [3.63, 3.8) is 0 Å². The van der Waals surface area contributed by atoms with Gasteiger partial charge >= 0.3 is 7.12 Å². The monoisotopic (exact) mass is 391 g/mol. The van der Waals surface area contributed by atoms with Crippen LogP contribution in [0.2, 0.25) is 0 Å². The summed E-state index contributed by atoms with van der Waals surface area (Å²) in [6.07, 6.45) is 7.99. The molecule has 2 saturated heterocycles. The van der Waals surface area contributed by atoms with Crippen LogP contribution in [-0.2, 0) is 14.1 Å². The molecule has 2 aliphatic heterocycles. The van der Waals surface area contributed by atoms with Crippen molar-refractivity contribution in [1.29, 1.82) is 0 Å². The van der Waals surface area contributed by atoms with E-state index in [9.17, 15) is 4.79 Å². The van der Waals surface area contributed by atoms with Gasteiger partial charge in [-0.1, -0.05) is 11.8 Å². The minimum atomic E-state index is -0.430. The summed E-state index contributed by atoms with van der Waals surface area (Å²) in [4.78, 5) is 22.7. The third-order valence-electron chi connectivity index (χ3n) is 5.89. The third-order valence-corrected chi connectivity index (χ3v) is 6.80. The summed E-state index contributed by atoms with van der Waals surface area (Å²) >= 11 is 1.64. The number of amides is 1. The summed E-state index contributed by atoms with van der Waals surface area (Å²) in [5, 5.41) is 0.750. The standard InChI is InChI=1S/C19H30BN3O3S/c1-14(24)23-10-7-6-8-16(23)9-11-27-17-21-12-15(13-22-17)20-25-18(2,3)19(4,5)26-20/h12-13,16H,6-11H2,1-5H3/t16-/m1/s1. The van der Waals surface area contributed by atoms with Gasteiger partial charge in [-0.25, -0.2) is 9.97 Å². The smallest absolute Gasteiger partial charge is 0.399 e. The number of carbonyl (C=O) groups excluding carboxylic acids is 1. The number of hydrogen-bond acceptors (Lipinski definition) is 6. The number of likely N-dealkylation sites (tertiary alicyclic amines) is 1. The number of carbonyl (C=O) groups is 1. The fraction of sp³-hybridized carbons (Fsp3) is 0.737. The predicted octanol–water partition coefficient (Wildman–Crippen LogP) is 2.66. The molecule has 1 aromatic heterocycles. The average Bonchev–Trinajstić information content (AvgIpc) is 2.83. The maximum absolute atomic E-state index is 11.8. The molecule has 0 spiro atoms. The first-order chi connectivity index (χ1) is 12.7. The molecule has 2 aliphatic rings. The molecule has 0 N–H and O–H groups in total. The molecular formula is C19H30BN3O3S. The number of aromatic nitrogens is 2. The molecule has 0 aromatic carbocycles. The summed E-state index contributed by atoms with van der Waals surface area (Å²) in [6, 6.07) is 0.354. The van der Waals surface area contributed by atoms with Gasteiger partial charge in [0, 0.05) is 43.1 Å². The first kappa shape index (κ1) is 20.6. The first-order valence-electron chi connectivity index (χ1n) is 9.77. The normalized spacial score (nSPS) is 24.3. The van der Waals surface area contributed by atoms with Crippen LogP contribution in [0.4, 0.5) is 0 Å². The minimum absolute atomic E-state index is 0.188. The zero-order chi connectivity index (χ0) is 19.7. The summed E-state index contributed by atoms with van der Waals surface area (Å²) in [6.45, 7) is 10.7. The van der Waals surface area contributed by atoms with E-state index in [0.717, 1.165) is 42.2 Å². The van der Waals surface area contributed by atoms with Gasteiger partial charge in [0.25, 0.3) is 0 Å². The molecule has 3 rings (SSSR count). The van der Waals surface area contributed by atoms with E-state index in [1.807, 2.05) is 32.6 Å². The molecule has 0 radical (unpaired) electrons. The fourth-order valence-electron chi connectivity index (χ4n) is 3.50. The lowest BCUT2D eigenvalue weighted by Gasteiger charge is -2.35. The topological polar surface area (TPSA) is 64.6 Å². The van der Waals surface area contributed by atoms with E-state index in [2.05, 4.69) is 9.97 Å². The lowest BCUT2D eigenvalue weighted by atomic mass is 9.81. The van der Waals surface area contributed by atoms with Crippen molar-refractivity contribution in [2.75, 3.05) is 12.3 Å². The van der Waals surface area contributed by atoms with Crippen LogP contribution in [0, 0.1) is 0 Å². The van der Waals surface area contributed by atoms with Crippen LogP contribution >= 0.6 is 11.8 Å². The molecule has 1 amide bonds. The number of rotatable bonds is 5. The zero-order valence-electron chi connectivity index (χ0n) is 17.0. The Bertz CT molecular complexity index is 653. The Hall–Kier alpha value is -1.12. The van der Waals surface area contributed by atoms with E-state index in [4.69, 9.17) is 9.31 Å². The molecule has 0 aliphatic carbocycles. The molecule has 3 heterocycles. The van der Waals surface area contributed by atoms with E-state index >= 15 is 0 Å². The van der Waals surface area contributed by atoms with E-state index in [0.29, 0.717) is 6.04 Å². The van der Waals surface area contributed by atoms with Crippen LogP contribution < -0.4 is 5.46 Å². The Morgan fingerprint density at radius 1 is 1.22 bits per heavy atom. The molecule has 148 valence electrons. The Kier molecular flexibility index (Phi) is 6.18. The molecule has 6 nitrogen and oxygen atoms in total. The molecule has 27 heavy (non-hydrogen) atoms. The van der Waals surface area contributed by atoms with E-state index < -0.39 is 7.12 Å². The van der Waals surface area contributed by atoms with Crippen LogP contribution in [0.1, 0.15) is 60.3 Å². The summed E-state index contributed by atoms with van der Waals surface area (Å²) in [7, 11) is -0.430. The average molecular weight is 391 g/mol. The molecule has 1 atom stereocenters. The summed E-state index contributed by atoms with van der Waals surface area (Å²) < 4.78 is 12.1. The number of nitrogens with zero attached hydrogens (tertiary/aromatic N) is 3. The SMILES string of the molecule is CC(=O)N1CCCC[C@@H]1CCSc1ncc(B2OC(C)(C)C(C)(C)O2)cn1. The van der Waals surface area contributed by atoms with Gasteiger partial charge in [-0.15, -0.1) is 0 Å². The highest BCUT2D eigenvalue weighted by atomic mass is 32.2. The van der Waals surface area contributed by atoms with Gasteiger partial charge in [0.05, 0.1) is 11.2 Å². The number of hydrogen-bond donors (Lipinski definition) is 0. The largest absolute Gasteiger partial charge is 0.498 e. The summed E-state index contributed by atoms with van der Waals surface area (Å²) in [5.74, 6) is 1.09. The van der Waals surface area contributed by atoms with Gasteiger partial charge in [-0.3, -0.25) is 4.79 Å². The molecular weight excluding hydrogens is 361 g/mol. The highest BCUT2D eigenvalue weighted by Gasteiger charge is 2.51. The van der Waals surface area contributed by atoms with Gasteiger partial charge in [-0.2, -0.15) is 0 Å². The van der Waals surface area contributed by atoms with Crippen molar-refractivity contribution < 1.29 is 14.1 Å². The number of piperidine rings is 1. The fourth-order valence-corrected chi connectivity index (χ4v) is 4.33. The van der Waals surface area contributed by atoms with Crippen molar-refractivity contribution in [3.05, 3.63) is 12.4 Å². The molecule has 0 unspecified atom stereocenters. The molecule has 2 fully saturated rings. The Labute approximate surface area is 166 Å². The Balaban J connectivity index is 1.52. The van der Waals surface area contributed by atoms with E-state index in [-0.39, 0.29) is 17.1 Å². The third kappa shape index (κ3) is 4.66. The van der Waals surface area contributed by atoms with Crippen molar-refractivity contribution >= 4 is 30.3 Å². The molecule has 0 bridgehead atoms. The van der Waals surface area contributed by atoms with Crippen LogP contribution in [0.5, 0.6) is 0 Å². The number of thioether (sulfide) groups is 1. The maximum Gasteiger partial charge on any atom is 0.498 e. The van der Waals surface area contributed by atoms with Crippen molar-refractivity contribution in [1.82, 2.24) is 14.9 Å². The molecule has 0 saturated carbocycles. The second-order valence-corrected chi connectivity index (χ2v) is 9.45. The van der Waals surface area contributed by atoms with Gasteiger partial charge < -0.3 is 14.2 Å². The first-order valence-corrected chi connectivity index (χ1v) is 10.8. The maximum atomic E-state index is 11.8. The van der Waals surface area contributed by atoms with Crippen LogP contribution in [-0.4, -0.2) is 57.4 Å². The van der Waals surface area contributed by atoms with Gasteiger partial charge in [0.15, 0.2) is 5.16 Å². The molecule has 1 aromatic rings. The Morgan fingerprint density at radius 3 is 2.44 bits per heavy atom. The summed E-state index contributed by atoms with van der Waals surface area (Å²) in [5.41, 5.74) is 0.106. The second kappa shape index (κ2) is 8.09. The van der Waals surface area contributed by atoms with Gasteiger partial charge in [0.1, 0.15) is 0 Å². The highest BCUT2D eigenvalue weighted by Crippen LogP contribution is 2.36. The lowest BCUT2D eigenvalue weighted by Crippen LogP contribution is -2.42. The quantitative estimate of drug-likeness (QED) is 0.437. The van der Waals surface area contributed by atoms with Crippen molar-refractivity contribution in [3.8, 4) is 0 Å². The predicted molar refractivity (Wildman–Crippen MR) is 108 cm³/mol. The highest BCUT2D eigenvalue weighted by molar-refractivity contribution is 7.99. The lowest BCUT2D eigenvalue weighted by molar-refractivity contribution is -0.132. The Morgan fingerprint density at radius 2 is 1.85 bits per heavy atom. The van der Waals surface area contributed by atoms with Gasteiger partial charge in [0.2, 0.25) is 5.91 Å². The van der Waals surface area contributed by atoms with E-state index in [1.165, 1.54) is 6.42 Å². The van der Waals surface area contributed by atoms with Crippen molar-refractivity contribution in [2.45, 2.75) is 82.7 Å². The van der Waals surface area contributed by atoms with Crippen LogP contribution in [0.15, 0.2) is 17.6 Å². The van der Waals surface area contributed by atoms with Crippen LogP contribution in [0.3, 0.4) is 0 Å². The van der Waals surface area contributed by atoms with Crippen LogP contribution in [0.25, 0.3) is 0 Å². The second-order valence-electron chi connectivity index (χ2n) is 8.39. The zero-order valence-corrected chi connectivity index (χ0v) is 17.8. The van der Waals surface area contributed by atoms with E-state index in [1.54, 1.807) is 31.1 Å². The van der Waals surface area contributed by atoms with Crippen molar-refractivity contribution in [2.24, 2.45) is 0 Å². The minimum Gasteiger partial charge on any atom is -0.399 e. The molecule has 8 heteroatoms. The van der Waals surface area contributed by atoms with Gasteiger partial charge in [-0.05, 0) is 53.4 Å².